The third-order valence-corrected chi connectivity index (χ3v) is 3.50. The van der Waals surface area contributed by atoms with Crippen LogP contribution in [0.4, 0.5) is 0 Å². The number of aromatic nitrogens is 1. The molecule has 0 saturated heterocycles. The molecule has 1 heterocycles. The first kappa shape index (κ1) is 15.1. The molecule has 0 bridgehead atoms. The lowest BCUT2D eigenvalue weighted by Crippen LogP contribution is -2.26. The Hall–Kier alpha value is -2.30. The van der Waals surface area contributed by atoms with Crippen molar-refractivity contribution in [3.63, 3.8) is 0 Å². The van der Waals surface area contributed by atoms with Crippen LogP contribution in [0.2, 0.25) is 0 Å². The van der Waals surface area contributed by atoms with Crippen molar-refractivity contribution in [3.8, 4) is 0 Å². The van der Waals surface area contributed by atoms with E-state index in [2.05, 4.69) is 10.3 Å². The molecule has 3 N–H and O–H groups in total. The second-order valence-corrected chi connectivity index (χ2v) is 5.15. The standard InChI is InChI=1S/C16H20N2O3/c1-11-13(12-6-2-3-7-14(12)18-11)10-15(19)17-9-5-4-8-16(20)21/h2-3,6-7,18H,4-5,8-10H2,1H3,(H,17,19)(H,20,21). The smallest absolute Gasteiger partial charge is 0.303 e. The SMILES string of the molecule is Cc1[nH]c2ccccc2c1CC(=O)NCCCCC(=O)O. The van der Waals surface area contributed by atoms with Crippen LogP contribution < -0.4 is 5.32 Å². The molecule has 2 rings (SSSR count). The first-order chi connectivity index (χ1) is 10.1. The van der Waals surface area contributed by atoms with E-state index in [-0.39, 0.29) is 12.3 Å². The zero-order valence-electron chi connectivity index (χ0n) is 12.1. The van der Waals surface area contributed by atoms with Crippen LogP contribution >= 0.6 is 0 Å². The van der Waals surface area contributed by atoms with Crippen LogP contribution in [-0.4, -0.2) is 28.5 Å². The average molecular weight is 288 g/mol. The van der Waals surface area contributed by atoms with E-state index in [0.29, 0.717) is 25.8 Å². The van der Waals surface area contributed by atoms with Crippen LogP contribution in [0.1, 0.15) is 30.5 Å². The molecule has 0 aliphatic heterocycles. The number of aliphatic carboxylic acids is 1. The number of carbonyl (C=O) groups is 2. The molecule has 112 valence electrons. The number of unbranched alkanes of at least 4 members (excludes halogenated alkanes) is 1. The van der Waals surface area contributed by atoms with Gasteiger partial charge in [0.1, 0.15) is 0 Å². The summed E-state index contributed by atoms with van der Waals surface area (Å²) in [5.74, 6) is -0.825. The monoisotopic (exact) mass is 288 g/mol. The summed E-state index contributed by atoms with van der Waals surface area (Å²) in [7, 11) is 0. The molecule has 0 radical (unpaired) electrons. The zero-order valence-corrected chi connectivity index (χ0v) is 12.1. The predicted octanol–water partition coefficient (Wildman–Crippen LogP) is 2.39. The molecule has 0 unspecified atom stereocenters. The van der Waals surface area contributed by atoms with Crippen molar-refractivity contribution >= 4 is 22.8 Å². The molecule has 21 heavy (non-hydrogen) atoms. The van der Waals surface area contributed by atoms with Gasteiger partial charge in [0, 0.05) is 29.6 Å². The first-order valence-electron chi connectivity index (χ1n) is 7.12. The van der Waals surface area contributed by atoms with Gasteiger partial charge in [-0.05, 0) is 31.4 Å². The van der Waals surface area contributed by atoms with E-state index < -0.39 is 5.97 Å². The lowest BCUT2D eigenvalue weighted by atomic mass is 10.1. The van der Waals surface area contributed by atoms with Crippen molar-refractivity contribution in [2.45, 2.75) is 32.6 Å². The molecular weight excluding hydrogens is 268 g/mol. The Balaban J connectivity index is 1.87. The third kappa shape index (κ3) is 4.08. The number of carboxylic acid groups (broad SMARTS) is 1. The Kier molecular flexibility index (Phi) is 4.98. The number of aromatic amines is 1. The number of fused-ring (bicyclic) bond motifs is 1. The summed E-state index contributed by atoms with van der Waals surface area (Å²) in [5.41, 5.74) is 3.07. The number of aryl methyl sites for hydroxylation is 1. The molecule has 0 atom stereocenters. The molecule has 0 aliphatic rings. The van der Waals surface area contributed by atoms with Gasteiger partial charge in [0.05, 0.1) is 6.42 Å². The molecule has 5 nitrogen and oxygen atoms in total. The maximum atomic E-state index is 12.0. The van der Waals surface area contributed by atoms with Crippen LogP contribution in [-0.2, 0) is 16.0 Å². The maximum Gasteiger partial charge on any atom is 0.303 e. The summed E-state index contributed by atoms with van der Waals surface area (Å²) < 4.78 is 0. The van der Waals surface area contributed by atoms with Gasteiger partial charge in [-0.1, -0.05) is 18.2 Å². The van der Waals surface area contributed by atoms with Gasteiger partial charge < -0.3 is 15.4 Å². The number of hydrogen-bond donors (Lipinski definition) is 3. The van der Waals surface area contributed by atoms with Crippen molar-refractivity contribution < 1.29 is 14.7 Å². The number of carbonyl (C=O) groups excluding carboxylic acids is 1. The number of rotatable bonds is 7. The fourth-order valence-electron chi connectivity index (χ4n) is 2.41. The highest BCUT2D eigenvalue weighted by Gasteiger charge is 2.11. The van der Waals surface area contributed by atoms with Crippen LogP contribution in [0, 0.1) is 6.92 Å². The summed E-state index contributed by atoms with van der Waals surface area (Å²) in [5, 5.41) is 12.5. The Bertz CT molecular complexity index is 646. The Labute approximate surface area is 123 Å². The Morgan fingerprint density at radius 1 is 1.24 bits per heavy atom. The topological polar surface area (TPSA) is 82.2 Å². The minimum absolute atomic E-state index is 0.0295. The van der Waals surface area contributed by atoms with Gasteiger partial charge in [-0.2, -0.15) is 0 Å². The van der Waals surface area contributed by atoms with Gasteiger partial charge >= 0.3 is 5.97 Å². The normalized spacial score (nSPS) is 10.7. The van der Waals surface area contributed by atoms with Crippen molar-refractivity contribution in [1.29, 1.82) is 0 Å². The van der Waals surface area contributed by atoms with Crippen molar-refractivity contribution in [3.05, 3.63) is 35.5 Å². The molecule has 0 spiro atoms. The zero-order chi connectivity index (χ0) is 15.2. The van der Waals surface area contributed by atoms with E-state index in [4.69, 9.17) is 5.11 Å². The highest BCUT2D eigenvalue weighted by molar-refractivity contribution is 5.90. The van der Waals surface area contributed by atoms with Crippen LogP contribution in [0.25, 0.3) is 10.9 Å². The number of nitrogens with one attached hydrogen (secondary N) is 2. The van der Waals surface area contributed by atoms with Crippen LogP contribution in [0.15, 0.2) is 24.3 Å². The minimum atomic E-state index is -0.796. The predicted molar refractivity (Wildman–Crippen MR) is 81.2 cm³/mol. The van der Waals surface area contributed by atoms with Crippen molar-refractivity contribution in [2.75, 3.05) is 6.54 Å². The van der Waals surface area contributed by atoms with Crippen molar-refractivity contribution in [2.24, 2.45) is 0 Å². The van der Waals surface area contributed by atoms with Gasteiger partial charge in [-0.3, -0.25) is 9.59 Å². The van der Waals surface area contributed by atoms with Crippen LogP contribution in [0.3, 0.4) is 0 Å². The lowest BCUT2D eigenvalue weighted by molar-refractivity contribution is -0.137. The van der Waals surface area contributed by atoms with E-state index >= 15 is 0 Å². The molecular formula is C16H20N2O3. The van der Waals surface area contributed by atoms with E-state index in [1.165, 1.54) is 0 Å². The van der Waals surface area contributed by atoms with Gasteiger partial charge in [0.15, 0.2) is 0 Å². The highest BCUT2D eigenvalue weighted by atomic mass is 16.4. The number of hydrogen-bond acceptors (Lipinski definition) is 2. The second kappa shape index (κ2) is 6.92. The summed E-state index contributed by atoms with van der Waals surface area (Å²) >= 11 is 0. The number of benzene rings is 1. The summed E-state index contributed by atoms with van der Waals surface area (Å²) in [4.78, 5) is 25.6. The van der Waals surface area contributed by atoms with Crippen LogP contribution in [0.5, 0.6) is 0 Å². The maximum absolute atomic E-state index is 12.0. The second-order valence-electron chi connectivity index (χ2n) is 5.15. The van der Waals surface area contributed by atoms with E-state index in [9.17, 15) is 9.59 Å². The summed E-state index contributed by atoms with van der Waals surface area (Å²) in [6, 6.07) is 7.93. The highest BCUT2D eigenvalue weighted by Crippen LogP contribution is 2.22. The third-order valence-electron chi connectivity index (χ3n) is 3.50. The minimum Gasteiger partial charge on any atom is -0.481 e. The number of H-pyrrole nitrogens is 1. The molecule has 0 saturated carbocycles. The lowest BCUT2D eigenvalue weighted by Gasteiger charge is -2.05. The van der Waals surface area contributed by atoms with Gasteiger partial charge in [-0.15, -0.1) is 0 Å². The molecule has 1 aromatic carbocycles. The van der Waals surface area contributed by atoms with Gasteiger partial charge in [0.25, 0.3) is 0 Å². The summed E-state index contributed by atoms with van der Waals surface area (Å²) in [6.45, 7) is 2.49. The molecule has 2 aromatic rings. The molecule has 0 fully saturated rings. The fraction of sp³-hybridized carbons (Fsp3) is 0.375. The quantitative estimate of drug-likeness (QED) is 0.684. The molecule has 5 heteroatoms. The van der Waals surface area contributed by atoms with Gasteiger partial charge in [0.2, 0.25) is 5.91 Å². The molecule has 1 aromatic heterocycles. The average Bonchev–Trinajstić information content (AvgIpc) is 2.74. The fourth-order valence-corrected chi connectivity index (χ4v) is 2.41. The largest absolute Gasteiger partial charge is 0.481 e. The first-order valence-corrected chi connectivity index (χ1v) is 7.12. The number of amides is 1. The van der Waals surface area contributed by atoms with E-state index in [1.54, 1.807) is 0 Å². The Morgan fingerprint density at radius 2 is 2.00 bits per heavy atom. The summed E-state index contributed by atoms with van der Waals surface area (Å²) in [6.07, 6.45) is 1.76. The van der Waals surface area contributed by atoms with Gasteiger partial charge in [-0.25, -0.2) is 0 Å². The Morgan fingerprint density at radius 3 is 2.76 bits per heavy atom. The number of para-hydroxylation sites is 1. The van der Waals surface area contributed by atoms with Crippen molar-refractivity contribution in [1.82, 2.24) is 10.3 Å². The molecule has 1 amide bonds. The number of carboxylic acids is 1. The van der Waals surface area contributed by atoms with E-state index in [0.717, 1.165) is 22.2 Å². The van der Waals surface area contributed by atoms with E-state index in [1.807, 2.05) is 31.2 Å². The molecule has 0 aliphatic carbocycles.